The zero-order valence-electron chi connectivity index (χ0n) is 14.7. The third kappa shape index (κ3) is 4.59. The highest BCUT2D eigenvalue weighted by molar-refractivity contribution is 5.68. The van der Waals surface area contributed by atoms with Crippen molar-refractivity contribution in [3.63, 3.8) is 0 Å². The molecular formula is C17H25N3O4. The van der Waals surface area contributed by atoms with Gasteiger partial charge in [-0.15, -0.1) is 0 Å². The number of nitro groups is 1. The monoisotopic (exact) mass is 335 g/mol. The predicted molar refractivity (Wildman–Crippen MR) is 92.5 cm³/mol. The van der Waals surface area contributed by atoms with Gasteiger partial charge >= 0.3 is 6.09 Å². The first-order valence-electron chi connectivity index (χ1n) is 8.15. The molecule has 0 spiro atoms. The van der Waals surface area contributed by atoms with E-state index in [2.05, 4.69) is 4.90 Å². The van der Waals surface area contributed by atoms with Crippen molar-refractivity contribution < 1.29 is 14.5 Å². The third-order valence-corrected chi connectivity index (χ3v) is 3.90. The van der Waals surface area contributed by atoms with Gasteiger partial charge in [-0.2, -0.15) is 0 Å². The molecule has 24 heavy (non-hydrogen) atoms. The van der Waals surface area contributed by atoms with E-state index in [9.17, 15) is 14.9 Å². The first kappa shape index (κ1) is 18.0. The normalized spacial score (nSPS) is 15.8. The Hall–Kier alpha value is -2.31. The summed E-state index contributed by atoms with van der Waals surface area (Å²) in [4.78, 5) is 26.7. The van der Waals surface area contributed by atoms with Crippen LogP contribution in [0.1, 0.15) is 32.8 Å². The second-order valence-corrected chi connectivity index (χ2v) is 7.04. The summed E-state index contributed by atoms with van der Waals surface area (Å²) in [5.41, 5.74) is 1.08. The molecule has 1 fully saturated rings. The summed E-state index contributed by atoms with van der Waals surface area (Å²) in [5.74, 6) is 0. The van der Waals surface area contributed by atoms with Crippen molar-refractivity contribution in [2.75, 3.05) is 31.1 Å². The molecule has 0 N–H and O–H groups in total. The summed E-state index contributed by atoms with van der Waals surface area (Å²) >= 11 is 0. The number of anilines is 1. The fraction of sp³-hybridized carbons (Fsp3) is 0.588. The van der Waals surface area contributed by atoms with Crippen LogP contribution >= 0.6 is 0 Å². The Bertz CT molecular complexity index is 625. The minimum Gasteiger partial charge on any atom is -0.444 e. The van der Waals surface area contributed by atoms with Crippen LogP contribution in [0.15, 0.2) is 18.2 Å². The lowest BCUT2D eigenvalue weighted by Crippen LogP contribution is -2.39. The van der Waals surface area contributed by atoms with E-state index in [1.807, 2.05) is 26.8 Å². The molecular weight excluding hydrogens is 310 g/mol. The van der Waals surface area contributed by atoms with Crippen LogP contribution in [-0.4, -0.2) is 47.7 Å². The molecule has 132 valence electrons. The second kappa shape index (κ2) is 7.07. The molecule has 1 saturated heterocycles. The molecule has 0 radical (unpaired) electrons. The van der Waals surface area contributed by atoms with Crippen LogP contribution < -0.4 is 4.90 Å². The fourth-order valence-electron chi connectivity index (χ4n) is 2.68. The standard InChI is InChI=1S/C17H25N3O4/c1-13-6-7-14(12-15(13)20(22)23)18-8-5-9-19(11-10-18)16(21)24-17(2,3)4/h6-7,12H,5,8-11H2,1-4H3. The Balaban J connectivity index is 2.07. The number of hydrogen-bond donors (Lipinski definition) is 0. The molecule has 0 saturated carbocycles. The van der Waals surface area contributed by atoms with Crippen molar-refractivity contribution in [1.29, 1.82) is 0 Å². The van der Waals surface area contributed by atoms with Crippen molar-refractivity contribution in [2.45, 2.75) is 39.7 Å². The van der Waals surface area contributed by atoms with Gasteiger partial charge in [0, 0.05) is 43.5 Å². The van der Waals surface area contributed by atoms with Gasteiger partial charge in [-0.25, -0.2) is 4.79 Å². The molecule has 0 unspecified atom stereocenters. The molecule has 1 aliphatic rings. The quantitative estimate of drug-likeness (QED) is 0.612. The third-order valence-electron chi connectivity index (χ3n) is 3.90. The van der Waals surface area contributed by atoms with Crippen LogP contribution in [0.3, 0.4) is 0 Å². The lowest BCUT2D eigenvalue weighted by atomic mass is 10.1. The highest BCUT2D eigenvalue weighted by atomic mass is 16.6. The van der Waals surface area contributed by atoms with Crippen molar-refractivity contribution in [3.8, 4) is 0 Å². The van der Waals surface area contributed by atoms with Crippen LogP contribution in [0.25, 0.3) is 0 Å². The van der Waals surface area contributed by atoms with Crippen LogP contribution in [0, 0.1) is 17.0 Å². The molecule has 0 bridgehead atoms. The number of amides is 1. The lowest BCUT2D eigenvalue weighted by molar-refractivity contribution is -0.385. The van der Waals surface area contributed by atoms with E-state index >= 15 is 0 Å². The number of nitro benzene ring substituents is 1. The van der Waals surface area contributed by atoms with E-state index in [0.717, 1.165) is 18.7 Å². The number of rotatable bonds is 2. The van der Waals surface area contributed by atoms with Crippen molar-refractivity contribution in [1.82, 2.24) is 4.90 Å². The van der Waals surface area contributed by atoms with Gasteiger partial charge in [0.05, 0.1) is 4.92 Å². The number of ether oxygens (including phenoxy) is 1. The van der Waals surface area contributed by atoms with Gasteiger partial charge in [0.2, 0.25) is 0 Å². The van der Waals surface area contributed by atoms with Gasteiger partial charge in [0.15, 0.2) is 0 Å². The van der Waals surface area contributed by atoms with Gasteiger partial charge in [-0.3, -0.25) is 10.1 Å². The molecule has 1 aromatic rings. The number of carbonyl (C=O) groups is 1. The van der Waals surface area contributed by atoms with Gasteiger partial charge in [-0.1, -0.05) is 6.07 Å². The molecule has 1 aliphatic heterocycles. The number of hydrogen-bond acceptors (Lipinski definition) is 5. The maximum atomic E-state index is 12.2. The molecule has 7 nitrogen and oxygen atoms in total. The molecule has 7 heteroatoms. The molecule has 1 aromatic carbocycles. The van der Waals surface area contributed by atoms with E-state index in [-0.39, 0.29) is 16.7 Å². The Morgan fingerprint density at radius 1 is 1.21 bits per heavy atom. The summed E-state index contributed by atoms with van der Waals surface area (Å²) in [7, 11) is 0. The van der Waals surface area contributed by atoms with Crippen LogP contribution in [-0.2, 0) is 4.74 Å². The molecule has 1 heterocycles. The smallest absolute Gasteiger partial charge is 0.410 e. The first-order valence-corrected chi connectivity index (χ1v) is 8.15. The summed E-state index contributed by atoms with van der Waals surface area (Å²) in [6.45, 7) is 9.81. The summed E-state index contributed by atoms with van der Waals surface area (Å²) in [6, 6.07) is 5.27. The summed E-state index contributed by atoms with van der Waals surface area (Å²) in [5, 5.41) is 11.1. The molecule has 0 aromatic heterocycles. The zero-order valence-corrected chi connectivity index (χ0v) is 14.7. The van der Waals surface area contributed by atoms with E-state index in [1.54, 1.807) is 24.0 Å². The van der Waals surface area contributed by atoms with E-state index in [4.69, 9.17) is 4.74 Å². The van der Waals surface area contributed by atoms with Crippen molar-refractivity contribution in [3.05, 3.63) is 33.9 Å². The Kier molecular flexibility index (Phi) is 5.31. The first-order chi connectivity index (χ1) is 11.2. The number of benzene rings is 1. The van der Waals surface area contributed by atoms with E-state index in [0.29, 0.717) is 25.2 Å². The second-order valence-electron chi connectivity index (χ2n) is 7.04. The highest BCUT2D eigenvalue weighted by Crippen LogP contribution is 2.26. The maximum Gasteiger partial charge on any atom is 0.410 e. The Labute approximate surface area is 142 Å². The molecule has 2 rings (SSSR count). The number of carbonyl (C=O) groups excluding carboxylic acids is 1. The average molecular weight is 335 g/mol. The largest absolute Gasteiger partial charge is 0.444 e. The summed E-state index contributed by atoms with van der Waals surface area (Å²) < 4.78 is 5.42. The highest BCUT2D eigenvalue weighted by Gasteiger charge is 2.25. The van der Waals surface area contributed by atoms with Crippen LogP contribution in [0.4, 0.5) is 16.2 Å². The van der Waals surface area contributed by atoms with Gasteiger partial charge in [0.1, 0.15) is 5.60 Å². The van der Waals surface area contributed by atoms with Gasteiger partial charge in [0.25, 0.3) is 5.69 Å². The molecule has 1 amide bonds. The SMILES string of the molecule is Cc1ccc(N2CCCN(C(=O)OC(C)(C)C)CC2)cc1[N+](=O)[O-]. The van der Waals surface area contributed by atoms with E-state index < -0.39 is 5.60 Å². The zero-order chi connectivity index (χ0) is 17.9. The Morgan fingerprint density at radius 3 is 2.54 bits per heavy atom. The minimum absolute atomic E-state index is 0.126. The minimum atomic E-state index is -0.513. The van der Waals surface area contributed by atoms with Crippen LogP contribution in [0.5, 0.6) is 0 Å². The maximum absolute atomic E-state index is 12.2. The predicted octanol–water partition coefficient (Wildman–Crippen LogP) is 3.35. The molecule has 0 atom stereocenters. The van der Waals surface area contributed by atoms with Gasteiger partial charge < -0.3 is 14.5 Å². The van der Waals surface area contributed by atoms with Crippen molar-refractivity contribution >= 4 is 17.5 Å². The topological polar surface area (TPSA) is 75.9 Å². The molecule has 0 aliphatic carbocycles. The van der Waals surface area contributed by atoms with Crippen molar-refractivity contribution in [2.24, 2.45) is 0 Å². The summed E-state index contributed by atoms with van der Waals surface area (Å²) in [6.07, 6.45) is 0.486. The number of aryl methyl sites for hydroxylation is 1. The van der Waals surface area contributed by atoms with E-state index in [1.165, 1.54) is 0 Å². The lowest BCUT2D eigenvalue weighted by Gasteiger charge is -2.27. The average Bonchev–Trinajstić information content (AvgIpc) is 2.71. The fourth-order valence-corrected chi connectivity index (χ4v) is 2.68. The van der Waals surface area contributed by atoms with Crippen LogP contribution in [0.2, 0.25) is 0 Å². The Morgan fingerprint density at radius 2 is 1.92 bits per heavy atom. The number of nitrogens with zero attached hydrogens (tertiary/aromatic N) is 3. The van der Waals surface area contributed by atoms with Gasteiger partial charge in [-0.05, 0) is 40.2 Å².